The largest absolute Gasteiger partial charge is 0.387 e. The van der Waals surface area contributed by atoms with Gasteiger partial charge in [0.05, 0.1) is 11.0 Å². The maximum Gasteiger partial charge on any atom is 0.248 e. The molecule has 1 amide bonds. The highest BCUT2D eigenvalue weighted by atomic mass is 16.3. The Balaban J connectivity index is 2.21. The Hall–Kier alpha value is -1.88. The van der Waals surface area contributed by atoms with Crippen LogP contribution in [0.25, 0.3) is 11.0 Å². The van der Waals surface area contributed by atoms with Gasteiger partial charge in [0.15, 0.2) is 0 Å². The Kier molecular flexibility index (Phi) is 3.10. The smallest absolute Gasteiger partial charge is 0.248 e. The molecule has 0 spiro atoms. The summed E-state index contributed by atoms with van der Waals surface area (Å²) in [6.07, 6.45) is 0. The van der Waals surface area contributed by atoms with Crippen molar-refractivity contribution in [3.63, 3.8) is 0 Å². The lowest BCUT2D eigenvalue weighted by molar-refractivity contribution is -0.133. The number of aryl methyl sites for hydroxylation is 1. The van der Waals surface area contributed by atoms with E-state index in [1.807, 2.05) is 25.1 Å². The summed E-state index contributed by atoms with van der Waals surface area (Å²) in [7, 11) is 1.67. The van der Waals surface area contributed by atoms with Crippen LogP contribution in [0.1, 0.15) is 11.4 Å². The van der Waals surface area contributed by atoms with Crippen LogP contribution in [0, 0.1) is 6.92 Å². The molecule has 17 heavy (non-hydrogen) atoms. The quantitative estimate of drug-likeness (QED) is 0.824. The Morgan fingerprint density at radius 1 is 1.53 bits per heavy atom. The molecule has 0 aliphatic carbocycles. The number of imidazole rings is 1. The van der Waals surface area contributed by atoms with E-state index < -0.39 is 6.61 Å². The van der Waals surface area contributed by atoms with Crippen LogP contribution >= 0.6 is 0 Å². The molecule has 2 N–H and O–H groups in total. The summed E-state index contributed by atoms with van der Waals surface area (Å²) in [6.45, 7) is 1.93. The van der Waals surface area contributed by atoms with E-state index in [0.717, 1.165) is 22.4 Å². The van der Waals surface area contributed by atoms with E-state index in [2.05, 4.69) is 9.97 Å². The third kappa shape index (κ3) is 2.45. The first-order valence-electron chi connectivity index (χ1n) is 5.40. The number of aliphatic hydroxyl groups excluding tert-OH is 1. The molecular formula is C12H15N3O2. The van der Waals surface area contributed by atoms with E-state index in [4.69, 9.17) is 5.11 Å². The number of nitrogens with zero attached hydrogens (tertiary/aromatic N) is 2. The van der Waals surface area contributed by atoms with Crippen LogP contribution in [0.5, 0.6) is 0 Å². The van der Waals surface area contributed by atoms with Crippen LogP contribution < -0.4 is 0 Å². The summed E-state index contributed by atoms with van der Waals surface area (Å²) < 4.78 is 0. The molecule has 0 saturated carbocycles. The number of aliphatic hydroxyl groups is 1. The van der Waals surface area contributed by atoms with E-state index in [1.54, 1.807) is 7.05 Å². The molecule has 0 fully saturated rings. The van der Waals surface area contributed by atoms with Crippen LogP contribution in [0.2, 0.25) is 0 Å². The highest BCUT2D eigenvalue weighted by Crippen LogP contribution is 2.14. The number of H-pyrrole nitrogens is 1. The average molecular weight is 233 g/mol. The van der Waals surface area contributed by atoms with Crippen LogP contribution in [0.3, 0.4) is 0 Å². The number of aromatic nitrogens is 2. The summed E-state index contributed by atoms with van der Waals surface area (Å²) in [5.74, 6) is 0.586. The van der Waals surface area contributed by atoms with E-state index in [9.17, 15) is 4.79 Å². The van der Waals surface area contributed by atoms with Crippen molar-refractivity contribution in [2.45, 2.75) is 13.5 Å². The Labute approximate surface area is 99.1 Å². The highest BCUT2D eigenvalue weighted by Gasteiger charge is 2.08. The van der Waals surface area contributed by atoms with Gasteiger partial charge in [-0.05, 0) is 24.6 Å². The van der Waals surface area contributed by atoms with Gasteiger partial charge in [0.1, 0.15) is 12.4 Å². The lowest BCUT2D eigenvalue weighted by Crippen LogP contribution is -2.28. The molecule has 0 aliphatic heterocycles. The number of carbonyl (C=O) groups excluding carboxylic acids is 1. The summed E-state index contributed by atoms with van der Waals surface area (Å²) in [4.78, 5) is 20.2. The van der Waals surface area contributed by atoms with Crippen molar-refractivity contribution in [1.82, 2.24) is 14.9 Å². The minimum atomic E-state index is -0.456. The summed E-state index contributed by atoms with van der Waals surface area (Å²) >= 11 is 0. The minimum Gasteiger partial charge on any atom is -0.387 e. The number of nitrogens with one attached hydrogen (secondary N) is 1. The van der Waals surface area contributed by atoms with Crippen molar-refractivity contribution < 1.29 is 9.90 Å². The van der Waals surface area contributed by atoms with Crippen LogP contribution in [-0.2, 0) is 11.3 Å². The van der Waals surface area contributed by atoms with Crippen molar-refractivity contribution in [1.29, 1.82) is 0 Å². The number of likely N-dealkylation sites (N-methyl/N-ethyl adjacent to an activating group) is 1. The Bertz CT molecular complexity index is 548. The molecule has 0 aliphatic rings. The molecule has 1 heterocycles. The lowest BCUT2D eigenvalue weighted by atomic mass is 10.2. The van der Waals surface area contributed by atoms with Gasteiger partial charge in [-0.1, -0.05) is 6.07 Å². The minimum absolute atomic E-state index is 0.286. The lowest BCUT2D eigenvalue weighted by Gasteiger charge is -2.15. The van der Waals surface area contributed by atoms with E-state index >= 15 is 0 Å². The number of carbonyl (C=O) groups is 1. The number of amides is 1. The van der Waals surface area contributed by atoms with Crippen molar-refractivity contribution in [2.75, 3.05) is 13.7 Å². The van der Waals surface area contributed by atoms with Gasteiger partial charge in [-0.3, -0.25) is 4.79 Å². The summed E-state index contributed by atoms with van der Waals surface area (Å²) in [5, 5.41) is 8.75. The van der Waals surface area contributed by atoms with E-state index in [-0.39, 0.29) is 5.91 Å². The molecule has 5 heteroatoms. The Morgan fingerprint density at radius 3 is 3.00 bits per heavy atom. The number of benzene rings is 1. The third-order valence-corrected chi connectivity index (χ3v) is 2.65. The molecular weight excluding hydrogens is 218 g/mol. The number of hydrogen-bond donors (Lipinski definition) is 2. The fourth-order valence-corrected chi connectivity index (χ4v) is 1.77. The first-order valence-corrected chi connectivity index (χ1v) is 5.40. The monoisotopic (exact) mass is 233 g/mol. The SMILES string of the molecule is Cc1nc2ccc(CN(C)C(=O)CO)cc2[nH]1. The molecule has 0 radical (unpaired) electrons. The summed E-state index contributed by atoms with van der Waals surface area (Å²) in [6, 6.07) is 5.83. The molecule has 90 valence electrons. The van der Waals surface area contributed by atoms with Gasteiger partial charge in [0, 0.05) is 13.6 Å². The zero-order valence-corrected chi connectivity index (χ0v) is 9.90. The van der Waals surface area contributed by atoms with Crippen LogP contribution in [0.4, 0.5) is 0 Å². The van der Waals surface area contributed by atoms with E-state index in [1.165, 1.54) is 4.90 Å². The first kappa shape index (κ1) is 11.6. The molecule has 0 unspecified atom stereocenters. The van der Waals surface area contributed by atoms with Crippen LogP contribution in [0.15, 0.2) is 18.2 Å². The fourth-order valence-electron chi connectivity index (χ4n) is 1.77. The van der Waals surface area contributed by atoms with Gasteiger partial charge in [-0.25, -0.2) is 4.98 Å². The second-order valence-electron chi connectivity index (χ2n) is 4.08. The molecule has 0 atom stereocenters. The van der Waals surface area contributed by atoms with Gasteiger partial charge >= 0.3 is 0 Å². The second-order valence-corrected chi connectivity index (χ2v) is 4.08. The van der Waals surface area contributed by atoms with Gasteiger partial charge in [-0.2, -0.15) is 0 Å². The normalized spacial score (nSPS) is 10.8. The molecule has 2 aromatic rings. The molecule has 0 bridgehead atoms. The predicted molar refractivity (Wildman–Crippen MR) is 64.4 cm³/mol. The van der Waals surface area contributed by atoms with E-state index in [0.29, 0.717) is 6.54 Å². The van der Waals surface area contributed by atoms with Crippen molar-refractivity contribution >= 4 is 16.9 Å². The van der Waals surface area contributed by atoms with Gasteiger partial charge < -0.3 is 15.0 Å². The fraction of sp³-hybridized carbons (Fsp3) is 0.333. The number of hydrogen-bond acceptors (Lipinski definition) is 3. The standard InChI is InChI=1S/C12H15N3O2/c1-8-13-10-4-3-9(5-11(10)14-8)6-15(2)12(17)7-16/h3-5,16H,6-7H2,1-2H3,(H,13,14). The maximum absolute atomic E-state index is 11.2. The maximum atomic E-state index is 11.2. The van der Waals surface area contributed by atoms with Crippen LogP contribution in [-0.4, -0.2) is 39.5 Å². The topological polar surface area (TPSA) is 69.2 Å². The number of rotatable bonds is 3. The third-order valence-electron chi connectivity index (χ3n) is 2.65. The summed E-state index contributed by atoms with van der Waals surface area (Å²) in [5.41, 5.74) is 2.89. The first-order chi connectivity index (χ1) is 8.10. The van der Waals surface area contributed by atoms with Crippen molar-refractivity contribution in [3.05, 3.63) is 29.6 Å². The van der Waals surface area contributed by atoms with Crippen molar-refractivity contribution in [3.8, 4) is 0 Å². The highest BCUT2D eigenvalue weighted by molar-refractivity contribution is 5.78. The van der Waals surface area contributed by atoms with Gasteiger partial charge in [0.25, 0.3) is 0 Å². The van der Waals surface area contributed by atoms with Gasteiger partial charge in [0.2, 0.25) is 5.91 Å². The Morgan fingerprint density at radius 2 is 2.29 bits per heavy atom. The average Bonchev–Trinajstić information content (AvgIpc) is 2.67. The van der Waals surface area contributed by atoms with Crippen molar-refractivity contribution in [2.24, 2.45) is 0 Å². The molecule has 1 aromatic heterocycles. The molecule has 0 saturated heterocycles. The zero-order chi connectivity index (χ0) is 12.4. The molecule has 5 nitrogen and oxygen atoms in total. The number of aromatic amines is 1. The zero-order valence-electron chi connectivity index (χ0n) is 9.90. The molecule has 1 aromatic carbocycles. The predicted octanol–water partition coefficient (Wildman–Crippen LogP) is 0.822. The number of fused-ring (bicyclic) bond motifs is 1. The second kappa shape index (κ2) is 4.55. The van der Waals surface area contributed by atoms with Gasteiger partial charge in [-0.15, -0.1) is 0 Å². The molecule has 2 rings (SSSR count).